The first-order chi connectivity index (χ1) is 18.2. The number of fused-ring (bicyclic) bond motifs is 1. The monoisotopic (exact) mass is 486 g/mol. The van der Waals surface area contributed by atoms with Crippen LogP contribution in [0.25, 0.3) is 16.3 Å². The second kappa shape index (κ2) is 10.5. The highest BCUT2D eigenvalue weighted by Crippen LogP contribution is 2.45. The van der Waals surface area contributed by atoms with Gasteiger partial charge < -0.3 is 0 Å². The molecule has 0 amide bonds. The van der Waals surface area contributed by atoms with Gasteiger partial charge in [0.25, 0.3) is 0 Å². The molecule has 2 unspecified atom stereocenters. The second-order valence-electron chi connectivity index (χ2n) is 11.1. The first-order valence-electron chi connectivity index (χ1n) is 13.8. The number of allylic oxidation sites excluding steroid dienone is 6. The van der Waals surface area contributed by atoms with E-state index in [4.69, 9.17) is 0 Å². The Hall–Kier alpha value is -3.52. The van der Waals surface area contributed by atoms with Crippen molar-refractivity contribution >= 4 is 27.9 Å². The summed E-state index contributed by atoms with van der Waals surface area (Å²) in [5.41, 5.74) is 4.72. The van der Waals surface area contributed by atoms with Gasteiger partial charge in [-0.15, -0.1) is 0 Å². The normalized spacial score (nSPS) is 25.2. The van der Waals surface area contributed by atoms with Crippen LogP contribution in [0.15, 0.2) is 103 Å². The molecule has 0 aromatic heterocycles. The molecule has 0 aliphatic heterocycles. The lowest BCUT2D eigenvalue weighted by Crippen LogP contribution is -2.26. The summed E-state index contributed by atoms with van der Waals surface area (Å²) in [5.74, 6) is 1.33. The lowest BCUT2D eigenvalue weighted by molar-refractivity contribution is -0.123. The number of rotatable bonds is 7. The van der Waals surface area contributed by atoms with Gasteiger partial charge in [-0.25, -0.2) is 0 Å². The Kier molecular flexibility index (Phi) is 6.74. The molecular formula is C35H34O2. The zero-order valence-electron chi connectivity index (χ0n) is 21.3. The molecule has 3 aliphatic carbocycles. The molecule has 1 saturated carbocycles. The maximum Gasteiger partial charge on any atom is 0.162 e. The van der Waals surface area contributed by atoms with Gasteiger partial charge in [-0.3, -0.25) is 9.59 Å². The summed E-state index contributed by atoms with van der Waals surface area (Å²) in [4.78, 5) is 26.6. The Morgan fingerprint density at radius 1 is 0.811 bits per heavy atom. The lowest BCUT2D eigenvalue weighted by atomic mass is 9.75. The molecule has 0 spiro atoms. The largest absolute Gasteiger partial charge is 0.299 e. The van der Waals surface area contributed by atoms with E-state index in [2.05, 4.69) is 78.9 Å². The van der Waals surface area contributed by atoms with E-state index in [1.54, 1.807) is 0 Å². The van der Waals surface area contributed by atoms with Crippen LogP contribution < -0.4 is 0 Å². The van der Waals surface area contributed by atoms with Crippen molar-refractivity contribution in [2.75, 3.05) is 0 Å². The quantitative estimate of drug-likeness (QED) is 0.337. The Balaban J connectivity index is 1.18. The van der Waals surface area contributed by atoms with Gasteiger partial charge in [-0.05, 0) is 83.6 Å². The van der Waals surface area contributed by atoms with Crippen molar-refractivity contribution < 1.29 is 9.59 Å². The molecule has 2 atom stereocenters. The zero-order chi connectivity index (χ0) is 25.2. The van der Waals surface area contributed by atoms with Crippen molar-refractivity contribution in [1.82, 2.24) is 0 Å². The zero-order valence-corrected chi connectivity index (χ0v) is 21.3. The van der Waals surface area contributed by atoms with Gasteiger partial charge in [0.05, 0.1) is 0 Å². The van der Waals surface area contributed by atoms with Crippen LogP contribution in [0.1, 0.15) is 62.0 Å². The first-order valence-corrected chi connectivity index (χ1v) is 13.8. The maximum absolute atomic E-state index is 13.8. The average Bonchev–Trinajstić information content (AvgIpc) is 3.65. The minimum Gasteiger partial charge on any atom is -0.299 e. The van der Waals surface area contributed by atoms with E-state index in [1.165, 1.54) is 27.5 Å². The fourth-order valence-electron chi connectivity index (χ4n) is 6.65. The summed E-state index contributed by atoms with van der Waals surface area (Å²) in [7, 11) is 0. The fourth-order valence-corrected chi connectivity index (χ4v) is 6.65. The van der Waals surface area contributed by atoms with Crippen molar-refractivity contribution in [3.63, 3.8) is 0 Å². The van der Waals surface area contributed by atoms with E-state index < -0.39 is 0 Å². The van der Waals surface area contributed by atoms with Crippen LogP contribution in [0, 0.1) is 17.8 Å². The van der Waals surface area contributed by atoms with Crippen LogP contribution in [0.2, 0.25) is 0 Å². The third-order valence-electron chi connectivity index (χ3n) is 8.77. The molecule has 0 heterocycles. The number of Topliss-reactive ketones (excluding diaryl/α,β-unsaturated/α-hetero) is 2. The van der Waals surface area contributed by atoms with Crippen LogP contribution in [0.3, 0.4) is 0 Å². The molecule has 0 bridgehead atoms. The lowest BCUT2D eigenvalue weighted by Gasteiger charge is -2.29. The van der Waals surface area contributed by atoms with Crippen LogP contribution in [-0.4, -0.2) is 11.6 Å². The number of hydrogen-bond donors (Lipinski definition) is 0. The molecule has 186 valence electrons. The molecule has 2 heteroatoms. The molecule has 37 heavy (non-hydrogen) atoms. The highest BCUT2D eigenvalue weighted by atomic mass is 16.1. The number of ketones is 2. The maximum atomic E-state index is 13.8. The van der Waals surface area contributed by atoms with E-state index >= 15 is 0 Å². The molecule has 0 N–H and O–H groups in total. The van der Waals surface area contributed by atoms with E-state index in [1.807, 2.05) is 18.2 Å². The topological polar surface area (TPSA) is 34.1 Å². The summed E-state index contributed by atoms with van der Waals surface area (Å²) in [5, 5.41) is 2.48. The van der Waals surface area contributed by atoms with Crippen molar-refractivity contribution in [2.24, 2.45) is 17.8 Å². The standard InChI is InChI=1S/C35H34O2/c36-34(20-24-14-16-28(17-15-24)35(37)27-11-5-6-12-27)33-23-31(22-32(33)26-9-2-1-3-10-26)30-19-18-25-8-4-7-13-29(25)21-30/h1-11,13,18-19,21,23-24,28,32-33H,12,14-17,20,22H2. The molecule has 3 aromatic rings. The smallest absolute Gasteiger partial charge is 0.162 e. The molecular weight excluding hydrogens is 452 g/mol. The predicted octanol–water partition coefficient (Wildman–Crippen LogP) is 8.25. The number of carbonyl (C=O) groups excluding carboxylic acids is 2. The van der Waals surface area contributed by atoms with Gasteiger partial charge in [-0.2, -0.15) is 0 Å². The SMILES string of the molecule is O=C(C1=CC=CC1)C1CCC(CC(=O)C2C=C(c3ccc4ccccc4c3)CC2c2ccccc2)CC1. The van der Waals surface area contributed by atoms with Crippen LogP contribution >= 0.6 is 0 Å². The van der Waals surface area contributed by atoms with E-state index in [0.29, 0.717) is 23.9 Å². The van der Waals surface area contributed by atoms with Crippen LogP contribution in [-0.2, 0) is 9.59 Å². The summed E-state index contributed by atoms with van der Waals surface area (Å²) in [6.07, 6.45) is 14.4. The van der Waals surface area contributed by atoms with Crippen molar-refractivity contribution in [1.29, 1.82) is 0 Å². The Morgan fingerprint density at radius 2 is 1.57 bits per heavy atom. The minimum absolute atomic E-state index is 0.0852. The summed E-state index contributed by atoms with van der Waals surface area (Å²) < 4.78 is 0. The molecule has 3 aromatic carbocycles. The van der Waals surface area contributed by atoms with Gasteiger partial charge in [0.1, 0.15) is 5.78 Å². The fraction of sp³-hybridized carbons (Fsp3) is 0.314. The number of hydrogen-bond acceptors (Lipinski definition) is 2. The molecule has 0 radical (unpaired) electrons. The molecule has 1 fully saturated rings. The third-order valence-corrected chi connectivity index (χ3v) is 8.77. The average molecular weight is 487 g/mol. The summed E-state index contributed by atoms with van der Waals surface area (Å²) >= 11 is 0. The van der Waals surface area contributed by atoms with Gasteiger partial charge in [0, 0.05) is 24.2 Å². The van der Waals surface area contributed by atoms with Crippen molar-refractivity contribution in [3.8, 4) is 0 Å². The molecule has 0 saturated heterocycles. The predicted molar refractivity (Wildman–Crippen MR) is 151 cm³/mol. The molecule has 6 rings (SSSR count). The van der Waals surface area contributed by atoms with E-state index in [9.17, 15) is 9.59 Å². The van der Waals surface area contributed by atoms with Crippen LogP contribution in [0.5, 0.6) is 0 Å². The van der Waals surface area contributed by atoms with Gasteiger partial charge >= 0.3 is 0 Å². The second-order valence-corrected chi connectivity index (χ2v) is 11.1. The highest BCUT2D eigenvalue weighted by molar-refractivity contribution is 5.98. The van der Waals surface area contributed by atoms with Crippen LogP contribution in [0.4, 0.5) is 0 Å². The molecule has 3 aliphatic rings. The van der Waals surface area contributed by atoms with Crippen molar-refractivity contribution in [2.45, 2.75) is 50.9 Å². The Morgan fingerprint density at radius 3 is 2.32 bits per heavy atom. The van der Waals surface area contributed by atoms with Gasteiger partial charge in [-0.1, -0.05) is 91.0 Å². The highest BCUT2D eigenvalue weighted by Gasteiger charge is 2.36. The van der Waals surface area contributed by atoms with Gasteiger partial charge in [0.2, 0.25) is 0 Å². The third kappa shape index (κ3) is 5.03. The van der Waals surface area contributed by atoms with Crippen molar-refractivity contribution in [3.05, 3.63) is 114 Å². The van der Waals surface area contributed by atoms with Gasteiger partial charge in [0.15, 0.2) is 5.78 Å². The molecule has 2 nitrogen and oxygen atoms in total. The van der Waals surface area contributed by atoms with E-state index in [-0.39, 0.29) is 17.8 Å². The van der Waals surface area contributed by atoms with E-state index in [0.717, 1.165) is 44.1 Å². The minimum atomic E-state index is -0.0852. The summed E-state index contributed by atoms with van der Waals surface area (Å²) in [6, 6.07) is 25.7. The Bertz CT molecular complexity index is 1400. The summed E-state index contributed by atoms with van der Waals surface area (Å²) in [6.45, 7) is 0. The number of benzene rings is 3. The first kappa shape index (κ1) is 23.9. The number of carbonyl (C=O) groups is 2. The Labute approximate surface area is 219 Å².